The van der Waals surface area contributed by atoms with E-state index in [1.807, 2.05) is 82.3 Å². The van der Waals surface area contributed by atoms with Gasteiger partial charge in [0.15, 0.2) is 0 Å². The molecular formula is C36H39Cl2N3O4S. The minimum atomic E-state index is -4.30. The molecule has 242 valence electrons. The summed E-state index contributed by atoms with van der Waals surface area (Å²) in [7, 11) is -4.30. The maximum absolute atomic E-state index is 14.6. The smallest absolute Gasteiger partial charge is 0.264 e. The van der Waals surface area contributed by atoms with Crippen molar-refractivity contribution in [3.05, 3.63) is 129 Å². The molecule has 2 amide bonds. The second-order valence-corrected chi connectivity index (χ2v) is 14.2. The Labute approximate surface area is 282 Å². The minimum Gasteiger partial charge on any atom is -0.352 e. The number of sulfonamides is 1. The third-order valence-corrected chi connectivity index (χ3v) is 10.1. The molecule has 0 spiro atoms. The van der Waals surface area contributed by atoms with Crippen LogP contribution in [0.25, 0.3) is 0 Å². The van der Waals surface area contributed by atoms with Crippen LogP contribution in [0.1, 0.15) is 42.5 Å². The fourth-order valence-electron chi connectivity index (χ4n) is 4.91. The van der Waals surface area contributed by atoms with Crippen LogP contribution in [0.4, 0.5) is 5.69 Å². The molecule has 2 unspecified atom stereocenters. The fourth-order valence-corrected chi connectivity index (χ4v) is 6.77. The second kappa shape index (κ2) is 15.6. The number of carbonyl (C=O) groups is 2. The fraction of sp³-hybridized carbons (Fsp3) is 0.278. The van der Waals surface area contributed by atoms with Crippen molar-refractivity contribution < 1.29 is 18.0 Å². The molecule has 10 heteroatoms. The van der Waals surface area contributed by atoms with Crippen LogP contribution in [0, 0.1) is 13.8 Å². The van der Waals surface area contributed by atoms with Crippen LogP contribution >= 0.6 is 23.2 Å². The number of rotatable bonds is 13. The zero-order valence-corrected chi connectivity index (χ0v) is 28.7. The first-order valence-corrected chi connectivity index (χ1v) is 17.3. The molecule has 0 saturated carbocycles. The van der Waals surface area contributed by atoms with Crippen LogP contribution in [0.3, 0.4) is 0 Å². The Balaban J connectivity index is 1.83. The highest BCUT2D eigenvalue weighted by Crippen LogP contribution is 2.33. The molecule has 0 heterocycles. The number of benzene rings is 4. The molecule has 1 N–H and O–H groups in total. The van der Waals surface area contributed by atoms with Gasteiger partial charge in [0.25, 0.3) is 10.0 Å². The standard InChI is InChI=1S/C36H39Cl2N3O4S/c1-5-27(4)39-36(43)34(21-28-9-7-6-8-10-28)40(23-29-15-11-25(2)12-16-29)35(42)24-41(33-22-30(37)17-20-32(33)38)46(44,45)31-18-13-26(3)14-19-31/h6-20,22,27,34H,5,21,23-24H2,1-4H3,(H,39,43). The molecule has 0 aliphatic carbocycles. The average molecular weight is 681 g/mol. The van der Waals surface area contributed by atoms with Gasteiger partial charge in [-0.15, -0.1) is 0 Å². The SMILES string of the molecule is CCC(C)NC(=O)C(Cc1ccccc1)N(Cc1ccc(C)cc1)C(=O)CN(c1cc(Cl)ccc1Cl)S(=O)(=O)c1ccc(C)cc1. The van der Waals surface area contributed by atoms with E-state index in [0.717, 1.165) is 26.6 Å². The Hall–Kier alpha value is -3.85. The molecule has 0 aliphatic rings. The minimum absolute atomic E-state index is 0.0117. The number of anilines is 1. The van der Waals surface area contributed by atoms with Crippen molar-refractivity contribution in [3.8, 4) is 0 Å². The van der Waals surface area contributed by atoms with Gasteiger partial charge in [0.05, 0.1) is 15.6 Å². The normalized spacial score (nSPS) is 12.7. The van der Waals surface area contributed by atoms with Gasteiger partial charge < -0.3 is 10.2 Å². The average Bonchev–Trinajstić information content (AvgIpc) is 3.04. The van der Waals surface area contributed by atoms with E-state index in [1.54, 1.807) is 18.2 Å². The number of halogens is 2. The highest BCUT2D eigenvalue weighted by molar-refractivity contribution is 7.92. The molecule has 7 nitrogen and oxygen atoms in total. The number of nitrogens with one attached hydrogen (secondary N) is 1. The number of hydrogen-bond acceptors (Lipinski definition) is 4. The maximum Gasteiger partial charge on any atom is 0.264 e. The van der Waals surface area contributed by atoms with Crippen LogP contribution in [0.5, 0.6) is 0 Å². The zero-order chi connectivity index (χ0) is 33.4. The first-order valence-electron chi connectivity index (χ1n) is 15.1. The van der Waals surface area contributed by atoms with Crippen molar-refractivity contribution in [2.45, 2.75) is 64.1 Å². The lowest BCUT2D eigenvalue weighted by Gasteiger charge is -2.34. The Morgan fingerprint density at radius 1 is 0.826 bits per heavy atom. The van der Waals surface area contributed by atoms with E-state index in [-0.39, 0.29) is 45.5 Å². The van der Waals surface area contributed by atoms with Crippen molar-refractivity contribution >= 4 is 50.7 Å². The lowest BCUT2D eigenvalue weighted by atomic mass is 10.0. The van der Waals surface area contributed by atoms with Gasteiger partial charge in [0.2, 0.25) is 11.8 Å². The predicted octanol–water partition coefficient (Wildman–Crippen LogP) is 7.36. The van der Waals surface area contributed by atoms with Gasteiger partial charge in [-0.25, -0.2) is 8.42 Å². The molecular weight excluding hydrogens is 641 g/mol. The van der Waals surface area contributed by atoms with E-state index in [9.17, 15) is 18.0 Å². The number of amides is 2. The maximum atomic E-state index is 14.6. The van der Waals surface area contributed by atoms with E-state index in [2.05, 4.69) is 5.32 Å². The van der Waals surface area contributed by atoms with Gasteiger partial charge in [-0.05, 0) is 68.7 Å². The summed E-state index contributed by atoms with van der Waals surface area (Å²) in [6.45, 7) is 7.14. The topological polar surface area (TPSA) is 86.8 Å². The van der Waals surface area contributed by atoms with E-state index < -0.39 is 28.5 Å². The van der Waals surface area contributed by atoms with Crippen LogP contribution in [-0.2, 0) is 32.6 Å². The van der Waals surface area contributed by atoms with Crippen LogP contribution < -0.4 is 9.62 Å². The van der Waals surface area contributed by atoms with Crippen molar-refractivity contribution in [1.82, 2.24) is 10.2 Å². The Morgan fingerprint density at radius 3 is 2.04 bits per heavy atom. The molecule has 46 heavy (non-hydrogen) atoms. The molecule has 2 atom stereocenters. The quantitative estimate of drug-likeness (QED) is 0.160. The van der Waals surface area contributed by atoms with Crippen LogP contribution in [0.2, 0.25) is 10.0 Å². The van der Waals surface area contributed by atoms with Gasteiger partial charge in [-0.1, -0.05) is 108 Å². The van der Waals surface area contributed by atoms with Gasteiger partial charge >= 0.3 is 0 Å². The van der Waals surface area contributed by atoms with Gasteiger partial charge in [-0.2, -0.15) is 0 Å². The summed E-state index contributed by atoms with van der Waals surface area (Å²) < 4.78 is 29.4. The number of nitrogens with zero attached hydrogens (tertiary/aromatic N) is 2. The van der Waals surface area contributed by atoms with Crippen LogP contribution in [0.15, 0.2) is 102 Å². The third kappa shape index (κ3) is 8.90. The lowest BCUT2D eigenvalue weighted by Crippen LogP contribution is -2.54. The van der Waals surface area contributed by atoms with Gasteiger partial charge in [0.1, 0.15) is 12.6 Å². The molecule has 4 aromatic rings. The van der Waals surface area contributed by atoms with Crippen molar-refractivity contribution in [1.29, 1.82) is 0 Å². The van der Waals surface area contributed by atoms with Crippen molar-refractivity contribution in [2.24, 2.45) is 0 Å². The molecule has 0 aromatic heterocycles. The van der Waals surface area contributed by atoms with E-state index in [1.165, 1.54) is 29.2 Å². The van der Waals surface area contributed by atoms with Crippen molar-refractivity contribution in [2.75, 3.05) is 10.8 Å². The predicted molar refractivity (Wildman–Crippen MR) is 186 cm³/mol. The monoisotopic (exact) mass is 679 g/mol. The zero-order valence-electron chi connectivity index (χ0n) is 26.4. The van der Waals surface area contributed by atoms with Crippen molar-refractivity contribution in [3.63, 3.8) is 0 Å². The number of hydrogen-bond donors (Lipinski definition) is 1. The largest absolute Gasteiger partial charge is 0.352 e. The second-order valence-electron chi connectivity index (χ2n) is 11.5. The van der Waals surface area contributed by atoms with E-state index in [4.69, 9.17) is 23.2 Å². The molecule has 0 aliphatic heterocycles. The summed E-state index contributed by atoms with van der Waals surface area (Å²) in [5, 5.41) is 3.40. The highest BCUT2D eigenvalue weighted by Gasteiger charge is 2.35. The van der Waals surface area contributed by atoms with Crippen LogP contribution in [-0.4, -0.2) is 43.8 Å². The van der Waals surface area contributed by atoms with E-state index in [0.29, 0.717) is 6.42 Å². The summed E-state index contributed by atoms with van der Waals surface area (Å²) in [6, 6.07) is 26.8. The number of carbonyl (C=O) groups excluding carboxylic acids is 2. The molecule has 4 rings (SSSR count). The first kappa shape index (κ1) is 35.0. The summed E-state index contributed by atoms with van der Waals surface area (Å²) >= 11 is 12.9. The Kier molecular flexibility index (Phi) is 11.9. The lowest BCUT2D eigenvalue weighted by molar-refractivity contribution is -0.140. The Morgan fingerprint density at radius 2 is 1.43 bits per heavy atom. The first-order chi connectivity index (χ1) is 21.9. The molecule has 0 bridgehead atoms. The molecule has 4 aromatic carbocycles. The number of aryl methyl sites for hydroxylation is 2. The summed E-state index contributed by atoms with van der Waals surface area (Å²) in [4.78, 5) is 30.0. The highest BCUT2D eigenvalue weighted by atomic mass is 35.5. The molecule has 0 fully saturated rings. The third-order valence-electron chi connectivity index (χ3n) is 7.81. The van der Waals surface area contributed by atoms with E-state index >= 15 is 0 Å². The molecule has 0 saturated heterocycles. The Bertz CT molecular complexity index is 1750. The van der Waals surface area contributed by atoms with Gasteiger partial charge in [0, 0.05) is 24.0 Å². The summed E-state index contributed by atoms with van der Waals surface area (Å²) in [5.41, 5.74) is 3.63. The summed E-state index contributed by atoms with van der Waals surface area (Å²) in [5.74, 6) is -0.903. The summed E-state index contributed by atoms with van der Waals surface area (Å²) in [6.07, 6.45) is 0.925. The van der Waals surface area contributed by atoms with Gasteiger partial charge in [-0.3, -0.25) is 13.9 Å². The molecule has 0 radical (unpaired) electrons.